The van der Waals surface area contributed by atoms with Gasteiger partial charge in [0.2, 0.25) is 0 Å². The number of aromatic nitrogens is 1. The van der Waals surface area contributed by atoms with E-state index in [-0.39, 0.29) is 24.8 Å². The number of hydrogen-bond donors (Lipinski definition) is 0. The van der Waals surface area contributed by atoms with Gasteiger partial charge in [0.15, 0.2) is 4.80 Å². The van der Waals surface area contributed by atoms with Gasteiger partial charge in [-0.3, -0.25) is 9.59 Å². The summed E-state index contributed by atoms with van der Waals surface area (Å²) in [5.74, 6) is -0.575. The van der Waals surface area contributed by atoms with Crippen molar-refractivity contribution in [2.75, 3.05) is 6.61 Å². The molecule has 27 heavy (non-hydrogen) atoms. The van der Waals surface area contributed by atoms with Crippen molar-refractivity contribution < 1.29 is 14.3 Å². The van der Waals surface area contributed by atoms with Crippen molar-refractivity contribution in [1.82, 2.24) is 4.57 Å². The summed E-state index contributed by atoms with van der Waals surface area (Å²) in [6.45, 7) is 4.22. The van der Waals surface area contributed by atoms with Crippen LogP contribution >= 0.6 is 11.3 Å². The lowest BCUT2D eigenvalue weighted by molar-refractivity contribution is -0.143. The van der Waals surface area contributed by atoms with Crippen LogP contribution in [0.25, 0.3) is 10.2 Å². The Kier molecular flexibility index (Phi) is 6.19. The highest BCUT2D eigenvalue weighted by Crippen LogP contribution is 2.17. The van der Waals surface area contributed by atoms with Gasteiger partial charge in [0, 0.05) is 0 Å². The van der Waals surface area contributed by atoms with Gasteiger partial charge in [-0.15, -0.1) is 0 Å². The van der Waals surface area contributed by atoms with E-state index in [1.807, 2.05) is 48.5 Å². The van der Waals surface area contributed by atoms with Crippen LogP contribution in [0, 0.1) is 0 Å². The van der Waals surface area contributed by atoms with Gasteiger partial charge in [-0.1, -0.05) is 54.7 Å². The van der Waals surface area contributed by atoms with Crippen LogP contribution in [0.4, 0.5) is 0 Å². The van der Waals surface area contributed by atoms with Crippen LogP contribution in [0.3, 0.4) is 0 Å². The molecule has 3 aromatic rings. The van der Waals surface area contributed by atoms with E-state index < -0.39 is 0 Å². The van der Waals surface area contributed by atoms with Crippen LogP contribution in [0.1, 0.15) is 25.0 Å². The molecule has 0 bridgehead atoms. The van der Waals surface area contributed by atoms with Crippen molar-refractivity contribution in [3.63, 3.8) is 0 Å². The lowest BCUT2D eigenvalue weighted by Gasteiger charge is -2.05. The molecule has 0 aliphatic rings. The standard InChI is InChI=1S/C21H22N2O3S/c1-3-15-9-11-16(12-10-15)13-19(24)22-21-23(14-20(25)26-4-2)17-7-5-6-8-18(17)27-21/h5-12H,3-4,13-14H2,1-2H3. The molecule has 0 radical (unpaired) electrons. The number of amides is 1. The minimum absolute atomic E-state index is 0.0369. The maximum Gasteiger partial charge on any atom is 0.326 e. The van der Waals surface area contributed by atoms with Crippen molar-refractivity contribution in [3.8, 4) is 0 Å². The van der Waals surface area contributed by atoms with Crippen LogP contribution in [-0.2, 0) is 33.7 Å². The lowest BCUT2D eigenvalue weighted by atomic mass is 10.1. The zero-order chi connectivity index (χ0) is 19.2. The second kappa shape index (κ2) is 8.77. The highest BCUT2D eigenvalue weighted by molar-refractivity contribution is 7.16. The van der Waals surface area contributed by atoms with E-state index in [1.54, 1.807) is 11.5 Å². The number of carbonyl (C=O) groups is 2. The number of carbonyl (C=O) groups excluding carboxylic acids is 2. The molecule has 2 aromatic carbocycles. The number of esters is 1. The van der Waals surface area contributed by atoms with Crippen LogP contribution in [0.5, 0.6) is 0 Å². The molecule has 1 amide bonds. The van der Waals surface area contributed by atoms with Gasteiger partial charge in [-0.25, -0.2) is 0 Å². The van der Waals surface area contributed by atoms with Gasteiger partial charge in [0.1, 0.15) is 6.54 Å². The van der Waals surface area contributed by atoms with Gasteiger partial charge >= 0.3 is 5.97 Å². The summed E-state index contributed by atoms with van der Waals surface area (Å²) in [6.07, 6.45) is 1.20. The molecule has 0 spiro atoms. The number of ether oxygens (including phenoxy) is 1. The molecule has 0 aliphatic heterocycles. The molecule has 0 aliphatic carbocycles. The maximum absolute atomic E-state index is 12.5. The summed E-state index contributed by atoms with van der Waals surface area (Å²) in [7, 11) is 0. The van der Waals surface area contributed by atoms with Crippen LogP contribution in [-0.4, -0.2) is 23.1 Å². The fraction of sp³-hybridized carbons (Fsp3) is 0.286. The number of hydrogen-bond acceptors (Lipinski definition) is 4. The molecule has 6 heteroatoms. The number of benzene rings is 2. The minimum atomic E-state index is -0.342. The molecule has 0 N–H and O–H groups in total. The Morgan fingerprint density at radius 2 is 1.74 bits per heavy atom. The Morgan fingerprint density at radius 3 is 2.44 bits per heavy atom. The topological polar surface area (TPSA) is 60.7 Å². The zero-order valence-corrected chi connectivity index (χ0v) is 16.3. The van der Waals surface area contributed by atoms with E-state index in [0.29, 0.717) is 11.4 Å². The molecular formula is C21H22N2O3S. The largest absolute Gasteiger partial charge is 0.465 e. The predicted molar refractivity (Wildman–Crippen MR) is 107 cm³/mol. The molecule has 0 saturated heterocycles. The summed E-state index contributed by atoms with van der Waals surface area (Å²) < 4.78 is 7.78. The van der Waals surface area contributed by atoms with Gasteiger partial charge in [0.05, 0.1) is 23.2 Å². The molecule has 140 valence electrons. The van der Waals surface area contributed by atoms with Crippen LogP contribution in [0.15, 0.2) is 53.5 Å². The summed E-state index contributed by atoms with van der Waals surface area (Å²) in [5, 5.41) is 0. The smallest absolute Gasteiger partial charge is 0.326 e. The second-order valence-electron chi connectivity index (χ2n) is 6.10. The number of para-hydroxylation sites is 1. The molecule has 0 atom stereocenters. The summed E-state index contributed by atoms with van der Waals surface area (Å²) >= 11 is 1.40. The molecule has 0 fully saturated rings. The first-order valence-corrected chi connectivity index (χ1v) is 9.81. The van der Waals surface area contributed by atoms with E-state index in [4.69, 9.17) is 4.74 Å². The Balaban J connectivity index is 1.91. The van der Waals surface area contributed by atoms with E-state index in [1.165, 1.54) is 16.9 Å². The first-order chi connectivity index (χ1) is 13.1. The average molecular weight is 382 g/mol. The highest BCUT2D eigenvalue weighted by atomic mass is 32.1. The van der Waals surface area contributed by atoms with Crippen molar-refractivity contribution in [2.24, 2.45) is 4.99 Å². The number of fused-ring (bicyclic) bond motifs is 1. The first-order valence-electron chi connectivity index (χ1n) is 9.00. The van der Waals surface area contributed by atoms with E-state index in [0.717, 1.165) is 22.2 Å². The molecule has 1 aromatic heterocycles. The molecule has 0 unspecified atom stereocenters. The van der Waals surface area contributed by atoms with E-state index >= 15 is 0 Å². The number of nitrogens with zero attached hydrogens (tertiary/aromatic N) is 2. The summed E-state index contributed by atoms with van der Waals surface area (Å²) in [5.41, 5.74) is 3.04. The fourth-order valence-electron chi connectivity index (χ4n) is 2.81. The van der Waals surface area contributed by atoms with Crippen molar-refractivity contribution in [1.29, 1.82) is 0 Å². The normalized spacial score (nSPS) is 11.7. The molecule has 3 rings (SSSR count). The SMILES string of the molecule is CCOC(=O)Cn1c(=NC(=O)Cc2ccc(CC)cc2)sc2ccccc21. The number of thiazole rings is 1. The van der Waals surface area contributed by atoms with Crippen molar-refractivity contribution in [2.45, 2.75) is 33.2 Å². The zero-order valence-electron chi connectivity index (χ0n) is 15.5. The van der Waals surface area contributed by atoms with Crippen molar-refractivity contribution >= 4 is 33.4 Å². The minimum Gasteiger partial charge on any atom is -0.465 e. The molecule has 0 saturated carbocycles. The van der Waals surface area contributed by atoms with Gasteiger partial charge < -0.3 is 9.30 Å². The van der Waals surface area contributed by atoms with Crippen molar-refractivity contribution in [3.05, 3.63) is 64.5 Å². The maximum atomic E-state index is 12.5. The molecular weight excluding hydrogens is 360 g/mol. The predicted octanol–water partition coefficient (Wildman–Crippen LogP) is 3.50. The first kappa shape index (κ1) is 19.0. The number of aryl methyl sites for hydroxylation is 1. The summed E-state index contributed by atoms with van der Waals surface area (Å²) in [6, 6.07) is 15.7. The molecule has 5 nitrogen and oxygen atoms in total. The Labute approximate surface area is 161 Å². The average Bonchev–Trinajstić information content (AvgIpc) is 2.99. The third-order valence-corrected chi connectivity index (χ3v) is 5.25. The van der Waals surface area contributed by atoms with E-state index in [2.05, 4.69) is 11.9 Å². The Morgan fingerprint density at radius 1 is 1.04 bits per heavy atom. The van der Waals surface area contributed by atoms with E-state index in [9.17, 15) is 9.59 Å². The van der Waals surface area contributed by atoms with Gasteiger partial charge in [-0.05, 0) is 36.6 Å². The Hall–Kier alpha value is -2.73. The van der Waals surface area contributed by atoms with Crippen LogP contribution in [0.2, 0.25) is 0 Å². The third-order valence-electron chi connectivity index (χ3n) is 4.19. The number of rotatable bonds is 6. The fourth-order valence-corrected chi connectivity index (χ4v) is 3.85. The third kappa shape index (κ3) is 4.71. The molecule has 1 heterocycles. The summed E-state index contributed by atoms with van der Waals surface area (Å²) in [4.78, 5) is 29.3. The highest BCUT2D eigenvalue weighted by Gasteiger charge is 2.12. The van der Waals surface area contributed by atoms with Gasteiger partial charge in [0.25, 0.3) is 5.91 Å². The Bertz CT molecular complexity index is 1020. The van der Waals surface area contributed by atoms with Gasteiger partial charge in [-0.2, -0.15) is 4.99 Å². The van der Waals surface area contributed by atoms with Crippen LogP contribution < -0.4 is 4.80 Å². The lowest BCUT2D eigenvalue weighted by Crippen LogP contribution is -2.23. The monoisotopic (exact) mass is 382 g/mol. The quantitative estimate of drug-likeness (QED) is 0.613. The second-order valence-corrected chi connectivity index (χ2v) is 7.10.